The second-order valence-corrected chi connectivity index (χ2v) is 6.50. The molecule has 0 radical (unpaired) electrons. The molecule has 1 amide bonds. The summed E-state index contributed by atoms with van der Waals surface area (Å²) in [6.07, 6.45) is 0. The molecule has 3 rings (SSSR count). The highest BCUT2D eigenvalue weighted by Gasteiger charge is 2.32. The van der Waals surface area contributed by atoms with E-state index in [1.165, 1.54) is 24.3 Å². The van der Waals surface area contributed by atoms with Gasteiger partial charge in [-0.1, -0.05) is 18.2 Å². The third kappa shape index (κ3) is 3.22. The van der Waals surface area contributed by atoms with E-state index in [-0.39, 0.29) is 22.0 Å². The van der Waals surface area contributed by atoms with Gasteiger partial charge < -0.3 is 5.32 Å². The number of nitro benzene ring substituents is 1. The fraction of sp³-hybridized carbons (Fsp3) is 0.0714. The number of anilines is 1. The molecule has 10 nitrogen and oxygen atoms in total. The molecule has 11 heteroatoms. The molecule has 1 heterocycles. The van der Waals surface area contributed by atoms with E-state index in [9.17, 15) is 23.3 Å². The Labute approximate surface area is 141 Å². The molecule has 2 N–H and O–H groups in total. The van der Waals surface area contributed by atoms with Gasteiger partial charge >= 0.3 is 0 Å². The van der Waals surface area contributed by atoms with E-state index in [1.807, 2.05) is 0 Å². The monoisotopic (exact) mass is 362 g/mol. The van der Waals surface area contributed by atoms with Crippen molar-refractivity contribution < 1.29 is 22.7 Å². The molecule has 0 bridgehead atoms. The lowest BCUT2D eigenvalue weighted by Gasteiger charge is -2.03. The van der Waals surface area contributed by atoms with Crippen LogP contribution in [0.4, 0.5) is 17.1 Å². The summed E-state index contributed by atoms with van der Waals surface area (Å²) in [7, 11) is -4.41. The van der Waals surface area contributed by atoms with Crippen molar-refractivity contribution in [2.24, 2.45) is 10.2 Å². The van der Waals surface area contributed by atoms with Crippen LogP contribution >= 0.6 is 0 Å². The van der Waals surface area contributed by atoms with Crippen LogP contribution in [0, 0.1) is 10.1 Å². The predicted molar refractivity (Wildman–Crippen MR) is 85.2 cm³/mol. The van der Waals surface area contributed by atoms with E-state index in [2.05, 4.69) is 15.5 Å². The number of fused-ring (bicyclic) bond motifs is 1. The largest absolute Gasteiger partial charge is 0.323 e. The van der Waals surface area contributed by atoms with Crippen LogP contribution in [0.1, 0.15) is 11.6 Å². The van der Waals surface area contributed by atoms with E-state index in [0.717, 1.165) is 12.1 Å². The standard InChI is InChI=1S/C14H10N4O6S/c19-14-13(17-16-10-3-1-2-4-12(10)18(20)21)9-6-5-8(25(22,23)24)7-11(9)15-14/h1-7,13H,(H,15,19)(H,22,23,24). The molecule has 0 saturated carbocycles. The highest BCUT2D eigenvalue weighted by atomic mass is 32.2. The van der Waals surface area contributed by atoms with Gasteiger partial charge in [0.25, 0.3) is 21.7 Å². The average molecular weight is 362 g/mol. The van der Waals surface area contributed by atoms with E-state index >= 15 is 0 Å². The van der Waals surface area contributed by atoms with Crippen molar-refractivity contribution in [1.29, 1.82) is 0 Å². The molecule has 0 saturated heterocycles. The van der Waals surface area contributed by atoms with Crippen molar-refractivity contribution in [1.82, 2.24) is 0 Å². The molecule has 0 aromatic heterocycles. The van der Waals surface area contributed by atoms with Crippen molar-refractivity contribution in [3.8, 4) is 0 Å². The summed E-state index contributed by atoms with van der Waals surface area (Å²) in [6, 6.07) is 8.13. The van der Waals surface area contributed by atoms with Gasteiger partial charge in [-0.15, -0.1) is 5.11 Å². The summed E-state index contributed by atoms with van der Waals surface area (Å²) >= 11 is 0. The van der Waals surface area contributed by atoms with Crippen LogP contribution in [-0.4, -0.2) is 23.8 Å². The summed E-state index contributed by atoms with van der Waals surface area (Å²) in [6.45, 7) is 0. The Balaban J connectivity index is 1.96. The number of nitro groups is 1. The van der Waals surface area contributed by atoms with Crippen LogP contribution in [0.5, 0.6) is 0 Å². The van der Waals surface area contributed by atoms with Crippen LogP contribution in [0.25, 0.3) is 0 Å². The highest BCUT2D eigenvalue weighted by Crippen LogP contribution is 2.36. The lowest BCUT2D eigenvalue weighted by Crippen LogP contribution is -2.09. The van der Waals surface area contributed by atoms with E-state index in [4.69, 9.17) is 4.55 Å². The zero-order valence-corrected chi connectivity index (χ0v) is 13.2. The predicted octanol–water partition coefficient (Wildman–Crippen LogP) is 2.62. The molecule has 0 spiro atoms. The average Bonchev–Trinajstić information content (AvgIpc) is 2.86. The Morgan fingerprint density at radius 1 is 1.20 bits per heavy atom. The summed E-state index contributed by atoms with van der Waals surface area (Å²) < 4.78 is 31.3. The number of azo groups is 1. The fourth-order valence-corrected chi connectivity index (χ4v) is 2.83. The molecule has 1 unspecified atom stereocenters. The molecule has 2 aromatic carbocycles. The van der Waals surface area contributed by atoms with Crippen molar-refractivity contribution in [3.05, 3.63) is 58.1 Å². The van der Waals surface area contributed by atoms with Crippen LogP contribution in [0.3, 0.4) is 0 Å². The van der Waals surface area contributed by atoms with Crippen LogP contribution in [-0.2, 0) is 14.9 Å². The third-order valence-electron chi connectivity index (χ3n) is 3.48. The van der Waals surface area contributed by atoms with Gasteiger partial charge in [0.1, 0.15) is 0 Å². The van der Waals surface area contributed by atoms with Gasteiger partial charge in [-0.2, -0.15) is 13.5 Å². The van der Waals surface area contributed by atoms with Gasteiger partial charge in [0.2, 0.25) is 0 Å². The molecule has 25 heavy (non-hydrogen) atoms. The van der Waals surface area contributed by atoms with Gasteiger partial charge in [-0.3, -0.25) is 19.5 Å². The second kappa shape index (κ2) is 6.03. The quantitative estimate of drug-likeness (QED) is 0.369. The maximum atomic E-state index is 12.0. The molecular formula is C14H10N4O6S. The first kappa shape index (κ1) is 16.7. The van der Waals surface area contributed by atoms with Gasteiger partial charge in [0.05, 0.1) is 9.82 Å². The molecule has 1 atom stereocenters. The number of carbonyl (C=O) groups excluding carboxylic acids is 1. The van der Waals surface area contributed by atoms with Crippen LogP contribution in [0.15, 0.2) is 57.6 Å². The SMILES string of the molecule is O=C1Nc2cc(S(=O)(=O)O)ccc2C1N=Nc1ccccc1[N+](=O)[O-]. The number of nitrogens with zero attached hydrogens (tertiary/aromatic N) is 3. The molecular weight excluding hydrogens is 352 g/mol. The number of hydrogen-bond acceptors (Lipinski definition) is 7. The molecule has 0 aliphatic carbocycles. The minimum Gasteiger partial charge on any atom is -0.323 e. The molecule has 0 fully saturated rings. The lowest BCUT2D eigenvalue weighted by molar-refractivity contribution is -0.384. The summed E-state index contributed by atoms with van der Waals surface area (Å²) in [5, 5.41) is 21.0. The summed E-state index contributed by atoms with van der Waals surface area (Å²) in [5.74, 6) is -0.565. The Morgan fingerprint density at radius 2 is 1.92 bits per heavy atom. The normalized spacial score (nSPS) is 16.7. The minimum absolute atomic E-state index is 0.0108. The molecule has 128 valence electrons. The zero-order valence-electron chi connectivity index (χ0n) is 12.4. The zero-order chi connectivity index (χ0) is 18.2. The number of rotatable bonds is 4. The number of nitrogens with one attached hydrogen (secondary N) is 1. The van der Waals surface area contributed by atoms with Crippen molar-refractivity contribution in [2.45, 2.75) is 10.9 Å². The first-order chi connectivity index (χ1) is 11.8. The molecule has 1 aliphatic heterocycles. The highest BCUT2D eigenvalue weighted by molar-refractivity contribution is 7.85. The summed E-state index contributed by atoms with van der Waals surface area (Å²) in [5.41, 5.74) is 0.251. The van der Waals surface area contributed by atoms with Gasteiger partial charge in [0.15, 0.2) is 11.7 Å². The van der Waals surface area contributed by atoms with Crippen molar-refractivity contribution >= 4 is 33.1 Å². The number of amides is 1. The lowest BCUT2D eigenvalue weighted by atomic mass is 10.1. The van der Waals surface area contributed by atoms with Crippen molar-refractivity contribution in [3.63, 3.8) is 0 Å². The number of para-hydroxylation sites is 1. The Bertz CT molecular complexity index is 1020. The first-order valence-electron chi connectivity index (χ1n) is 6.84. The Morgan fingerprint density at radius 3 is 2.60 bits per heavy atom. The first-order valence-corrected chi connectivity index (χ1v) is 8.28. The van der Waals surface area contributed by atoms with Crippen LogP contribution in [0.2, 0.25) is 0 Å². The molecule has 1 aliphatic rings. The summed E-state index contributed by atoms with van der Waals surface area (Å²) in [4.78, 5) is 22.0. The minimum atomic E-state index is -4.41. The Hall–Kier alpha value is -3.18. The number of hydrogen-bond donors (Lipinski definition) is 2. The van der Waals surface area contributed by atoms with E-state index in [1.54, 1.807) is 6.07 Å². The molecule has 2 aromatic rings. The topological polar surface area (TPSA) is 151 Å². The number of carbonyl (C=O) groups is 1. The van der Waals surface area contributed by atoms with Crippen molar-refractivity contribution in [2.75, 3.05) is 5.32 Å². The van der Waals surface area contributed by atoms with E-state index in [0.29, 0.717) is 5.56 Å². The maximum absolute atomic E-state index is 12.0. The van der Waals surface area contributed by atoms with Gasteiger partial charge in [-0.25, -0.2) is 0 Å². The number of benzene rings is 2. The van der Waals surface area contributed by atoms with Crippen LogP contribution < -0.4 is 5.32 Å². The maximum Gasteiger partial charge on any atom is 0.296 e. The van der Waals surface area contributed by atoms with Gasteiger partial charge in [0, 0.05) is 17.3 Å². The second-order valence-electron chi connectivity index (χ2n) is 5.08. The Kier molecular flexibility index (Phi) is 4.02. The van der Waals surface area contributed by atoms with Gasteiger partial charge in [-0.05, 0) is 18.2 Å². The smallest absolute Gasteiger partial charge is 0.296 e. The third-order valence-corrected chi connectivity index (χ3v) is 4.33. The van der Waals surface area contributed by atoms with E-state index < -0.39 is 27.0 Å². The fourth-order valence-electron chi connectivity index (χ4n) is 2.32.